The average molecular weight is 380 g/mol. The molecule has 148 valence electrons. The van der Waals surface area contributed by atoms with Crippen LogP contribution in [0.5, 0.6) is 0 Å². The topological polar surface area (TPSA) is 79.5 Å². The minimum absolute atomic E-state index is 0.204. The number of nitrogens with zero attached hydrogens (tertiary/aromatic N) is 2. The van der Waals surface area contributed by atoms with E-state index in [1.807, 2.05) is 12.3 Å². The first-order chi connectivity index (χ1) is 13.6. The van der Waals surface area contributed by atoms with E-state index >= 15 is 0 Å². The van der Waals surface area contributed by atoms with Gasteiger partial charge in [0, 0.05) is 30.8 Å². The number of likely N-dealkylation sites (tertiary alicyclic amines) is 1. The van der Waals surface area contributed by atoms with Gasteiger partial charge in [-0.15, -0.1) is 0 Å². The van der Waals surface area contributed by atoms with Crippen molar-refractivity contribution in [2.75, 3.05) is 13.1 Å². The zero-order valence-electron chi connectivity index (χ0n) is 16.3. The fourth-order valence-electron chi connectivity index (χ4n) is 4.59. The van der Waals surface area contributed by atoms with Crippen LogP contribution in [0.1, 0.15) is 66.1 Å². The third kappa shape index (κ3) is 4.26. The number of hydrogen-bond acceptors (Lipinski definition) is 4. The van der Waals surface area contributed by atoms with Crippen molar-refractivity contribution in [3.8, 4) is 11.1 Å². The van der Waals surface area contributed by atoms with Crippen molar-refractivity contribution in [3.05, 3.63) is 53.3 Å². The average Bonchev–Trinajstić information content (AvgIpc) is 3.23. The van der Waals surface area contributed by atoms with Crippen LogP contribution < -0.4 is 5.73 Å². The quantitative estimate of drug-likeness (QED) is 0.834. The molecule has 28 heavy (non-hydrogen) atoms. The van der Waals surface area contributed by atoms with Gasteiger partial charge in [-0.3, -0.25) is 14.7 Å². The van der Waals surface area contributed by atoms with Gasteiger partial charge in [-0.1, -0.05) is 37.1 Å². The standard InChI is InChI=1S/C23H29N3O2/c24-23(28)21-12-19(13-25-22(21)18-4-1-2-5-18)17-9-7-16(8-10-17)14-26-11-3-6-20(27)15-26/h7-10,12-13,18,20,27H,1-6,11,14-15H2,(H2,24,28). The number of nitrogens with two attached hydrogens (primary N) is 1. The van der Waals surface area contributed by atoms with Crippen LogP contribution in [0.4, 0.5) is 0 Å². The van der Waals surface area contributed by atoms with Crippen molar-refractivity contribution >= 4 is 5.91 Å². The molecule has 1 aliphatic heterocycles. The van der Waals surface area contributed by atoms with Crippen molar-refractivity contribution in [3.63, 3.8) is 0 Å². The number of primary amides is 1. The number of carbonyl (C=O) groups is 1. The Balaban J connectivity index is 1.52. The monoisotopic (exact) mass is 379 g/mol. The summed E-state index contributed by atoms with van der Waals surface area (Å²) in [5, 5.41) is 9.84. The maximum absolute atomic E-state index is 12.0. The fraction of sp³-hybridized carbons (Fsp3) is 0.478. The van der Waals surface area contributed by atoms with Crippen LogP contribution in [0.3, 0.4) is 0 Å². The predicted molar refractivity (Wildman–Crippen MR) is 110 cm³/mol. The van der Waals surface area contributed by atoms with E-state index in [9.17, 15) is 9.90 Å². The summed E-state index contributed by atoms with van der Waals surface area (Å²) < 4.78 is 0. The molecule has 0 bridgehead atoms. The summed E-state index contributed by atoms with van der Waals surface area (Å²) in [6, 6.07) is 10.3. The Morgan fingerprint density at radius 1 is 1.11 bits per heavy atom. The molecule has 1 aliphatic carbocycles. The summed E-state index contributed by atoms with van der Waals surface area (Å²) in [4.78, 5) is 19.0. The molecule has 5 nitrogen and oxygen atoms in total. The lowest BCUT2D eigenvalue weighted by Crippen LogP contribution is -2.37. The number of pyridine rings is 1. The first-order valence-corrected chi connectivity index (χ1v) is 10.4. The fourth-order valence-corrected chi connectivity index (χ4v) is 4.59. The van der Waals surface area contributed by atoms with Gasteiger partial charge in [0.15, 0.2) is 0 Å². The predicted octanol–water partition coefficient (Wildman–Crippen LogP) is 3.46. The molecule has 4 rings (SSSR count). The number of aliphatic hydroxyl groups excluding tert-OH is 1. The molecule has 1 saturated carbocycles. The molecule has 2 aliphatic rings. The van der Waals surface area contributed by atoms with Crippen molar-refractivity contribution in [2.24, 2.45) is 5.73 Å². The van der Waals surface area contributed by atoms with Crippen molar-refractivity contribution < 1.29 is 9.90 Å². The second-order valence-corrected chi connectivity index (χ2v) is 8.23. The maximum Gasteiger partial charge on any atom is 0.250 e. The highest BCUT2D eigenvalue weighted by molar-refractivity contribution is 5.95. The lowest BCUT2D eigenvalue weighted by atomic mass is 9.95. The van der Waals surface area contributed by atoms with Gasteiger partial charge in [-0.25, -0.2) is 0 Å². The smallest absolute Gasteiger partial charge is 0.250 e. The van der Waals surface area contributed by atoms with Gasteiger partial charge in [0.2, 0.25) is 0 Å². The molecule has 1 amide bonds. The highest BCUT2D eigenvalue weighted by Crippen LogP contribution is 2.35. The highest BCUT2D eigenvalue weighted by atomic mass is 16.3. The summed E-state index contributed by atoms with van der Waals surface area (Å²) >= 11 is 0. The molecular formula is C23H29N3O2. The minimum Gasteiger partial charge on any atom is -0.392 e. The lowest BCUT2D eigenvalue weighted by molar-refractivity contribution is 0.0668. The summed E-state index contributed by atoms with van der Waals surface area (Å²) in [6.07, 6.45) is 8.19. The summed E-state index contributed by atoms with van der Waals surface area (Å²) in [5.74, 6) is -0.0321. The second kappa shape index (κ2) is 8.41. The van der Waals surface area contributed by atoms with Gasteiger partial charge >= 0.3 is 0 Å². The first-order valence-electron chi connectivity index (χ1n) is 10.4. The number of β-amino-alcohol motifs (C(OH)–C–C–N with tert-alkyl or cyclic N) is 1. The molecule has 3 N–H and O–H groups in total. The molecule has 2 fully saturated rings. The molecule has 5 heteroatoms. The van der Waals surface area contributed by atoms with Crippen LogP contribution in [0.25, 0.3) is 11.1 Å². The van der Waals surface area contributed by atoms with Crippen LogP contribution in [0, 0.1) is 0 Å². The van der Waals surface area contributed by atoms with Crippen LogP contribution >= 0.6 is 0 Å². The molecular weight excluding hydrogens is 350 g/mol. The van der Waals surface area contributed by atoms with Crippen LogP contribution in [0.2, 0.25) is 0 Å². The number of aromatic nitrogens is 1. The van der Waals surface area contributed by atoms with Gasteiger partial charge < -0.3 is 10.8 Å². The van der Waals surface area contributed by atoms with Gasteiger partial charge in [-0.2, -0.15) is 0 Å². The Hall–Kier alpha value is -2.24. The van der Waals surface area contributed by atoms with E-state index in [0.29, 0.717) is 11.5 Å². The molecule has 0 spiro atoms. The third-order valence-electron chi connectivity index (χ3n) is 6.10. The molecule has 1 unspecified atom stereocenters. The van der Waals surface area contributed by atoms with E-state index < -0.39 is 5.91 Å². The number of rotatable bonds is 5. The molecule has 1 aromatic carbocycles. The highest BCUT2D eigenvalue weighted by Gasteiger charge is 2.24. The largest absolute Gasteiger partial charge is 0.392 e. The summed E-state index contributed by atoms with van der Waals surface area (Å²) in [5.41, 5.74) is 10.3. The van der Waals surface area contributed by atoms with E-state index in [-0.39, 0.29) is 6.10 Å². The van der Waals surface area contributed by atoms with Gasteiger partial charge in [0.25, 0.3) is 5.91 Å². The molecule has 1 aromatic heterocycles. The number of carbonyl (C=O) groups excluding carboxylic acids is 1. The number of aliphatic hydroxyl groups is 1. The third-order valence-corrected chi connectivity index (χ3v) is 6.10. The zero-order valence-corrected chi connectivity index (χ0v) is 16.3. The Kier molecular flexibility index (Phi) is 5.74. The van der Waals surface area contributed by atoms with Crippen LogP contribution in [-0.4, -0.2) is 40.1 Å². The van der Waals surface area contributed by atoms with Gasteiger partial charge in [0.05, 0.1) is 17.4 Å². The second-order valence-electron chi connectivity index (χ2n) is 8.23. The zero-order chi connectivity index (χ0) is 19.5. The van der Waals surface area contributed by atoms with E-state index in [0.717, 1.165) is 62.1 Å². The van der Waals surface area contributed by atoms with Crippen molar-refractivity contribution in [1.29, 1.82) is 0 Å². The Bertz CT molecular complexity index is 828. The van der Waals surface area contributed by atoms with E-state index in [1.54, 1.807) is 0 Å². The first kappa shape index (κ1) is 19.1. The maximum atomic E-state index is 12.0. The Morgan fingerprint density at radius 2 is 1.86 bits per heavy atom. The lowest BCUT2D eigenvalue weighted by Gasteiger charge is -2.30. The Labute approximate surface area is 166 Å². The number of hydrogen-bond donors (Lipinski definition) is 2. The molecule has 1 saturated heterocycles. The normalized spacial score (nSPS) is 21.1. The summed E-state index contributed by atoms with van der Waals surface area (Å²) in [6.45, 7) is 2.63. The number of piperidine rings is 1. The van der Waals surface area contributed by atoms with Crippen LogP contribution in [-0.2, 0) is 6.54 Å². The molecule has 2 heterocycles. The van der Waals surface area contributed by atoms with Gasteiger partial charge in [-0.05, 0) is 49.4 Å². The Morgan fingerprint density at radius 3 is 2.54 bits per heavy atom. The molecule has 1 atom stereocenters. The molecule has 2 aromatic rings. The number of benzene rings is 1. The van der Waals surface area contributed by atoms with Crippen LogP contribution in [0.15, 0.2) is 36.5 Å². The molecule has 0 radical (unpaired) electrons. The van der Waals surface area contributed by atoms with Gasteiger partial charge in [0.1, 0.15) is 0 Å². The van der Waals surface area contributed by atoms with E-state index in [1.165, 1.54) is 18.4 Å². The van der Waals surface area contributed by atoms with Crippen molar-refractivity contribution in [1.82, 2.24) is 9.88 Å². The SMILES string of the molecule is NC(=O)c1cc(-c2ccc(CN3CCCC(O)C3)cc2)cnc1C1CCCC1. The number of amides is 1. The van der Waals surface area contributed by atoms with E-state index in [2.05, 4.69) is 34.1 Å². The van der Waals surface area contributed by atoms with Crippen molar-refractivity contribution in [2.45, 2.75) is 57.1 Å². The minimum atomic E-state index is -0.392. The van der Waals surface area contributed by atoms with E-state index in [4.69, 9.17) is 5.73 Å². The summed E-state index contributed by atoms with van der Waals surface area (Å²) in [7, 11) is 0.